The van der Waals surface area contributed by atoms with Gasteiger partial charge in [-0.15, -0.1) is 0 Å². The fourth-order valence-corrected chi connectivity index (χ4v) is 2.29. The van der Waals surface area contributed by atoms with Gasteiger partial charge in [0, 0.05) is 6.04 Å². The molecule has 1 N–H and O–H groups in total. The number of nitrogens with one attached hydrogen (secondary N) is 1. The van der Waals surface area contributed by atoms with Crippen molar-refractivity contribution >= 4 is 0 Å². The van der Waals surface area contributed by atoms with E-state index in [1.165, 1.54) is 13.0 Å². The zero-order valence-electron chi connectivity index (χ0n) is 7.15. The molecular formula is C9H17N. The van der Waals surface area contributed by atoms with Gasteiger partial charge >= 0.3 is 0 Å². The van der Waals surface area contributed by atoms with Gasteiger partial charge in [0.25, 0.3) is 0 Å². The third-order valence-corrected chi connectivity index (χ3v) is 2.94. The van der Waals surface area contributed by atoms with Gasteiger partial charge in [0.15, 0.2) is 0 Å². The molecule has 2 rings (SSSR count). The summed E-state index contributed by atoms with van der Waals surface area (Å²) in [6.45, 7) is 8.30. The van der Waals surface area contributed by atoms with Crippen LogP contribution in [0.5, 0.6) is 0 Å². The van der Waals surface area contributed by atoms with E-state index in [1.807, 2.05) is 0 Å². The third-order valence-electron chi connectivity index (χ3n) is 2.94. The summed E-state index contributed by atoms with van der Waals surface area (Å²) in [6, 6.07) is 0.803. The highest BCUT2D eigenvalue weighted by molar-refractivity contribution is 5.06. The zero-order chi connectivity index (χ0) is 7.35. The van der Waals surface area contributed by atoms with Gasteiger partial charge in [0.2, 0.25) is 0 Å². The second-order valence-electron chi connectivity index (χ2n) is 4.91. The van der Waals surface area contributed by atoms with E-state index in [-0.39, 0.29) is 0 Å². The second kappa shape index (κ2) is 1.76. The lowest BCUT2D eigenvalue weighted by Gasteiger charge is -2.28. The molecule has 1 aliphatic heterocycles. The molecule has 0 amide bonds. The SMILES string of the molecule is CC(C)(C)[C@H]1NCC2CC21. The van der Waals surface area contributed by atoms with E-state index in [0.29, 0.717) is 5.41 Å². The quantitative estimate of drug-likeness (QED) is 0.538. The maximum absolute atomic E-state index is 3.60. The van der Waals surface area contributed by atoms with Crippen molar-refractivity contribution in [1.82, 2.24) is 5.32 Å². The van der Waals surface area contributed by atoms with Crippen LogP contribution in [-0.2, 0) is 0 Å². The van der Waals surface area contributed by atoms with Gasteiger partial charge in [-0.25, -0.2) is 0 Å². The molecule has 1 saturated heterocycles. The Morgan fingerprint density at radius 1 is 1.30 bits per heavy atom. The Kier molecular flexibility index (Phi) is 1.17. The van der Waals surface area contributed by atoms with E-state index >= 15 is 0 Å². The van der Waals surface area contributed by atoms with E-state index in [1.54, 1.807) is 0 Å². The van der Waals surface area contributed by atoms with Gasteiger partial charge in [-0.2, -0.15) is 0 Å². The minimum absolute atomic E-state index is 0.482. The highest BCUT2D eigenvalue weighted by Gasteiger charge is 2.51. The molecule has 3 atom stereocenters. The molecule has 0 bridgehead atoms. The summed E-state index contributed by atoms with van der Waals surface area (Å²) in [5.41, 5.74) is 0.482. The number of hydrogen-bond donors (Lipinski definition) is 1. The Labute approximate surface area is 63.2 Å². The number of piperidine rings is 1. The average molecular weight is 139 g/mol. The van der Waals surface area contributed by atoms with E-state index in [2.05, 4.69) is 26.1 Å². The summed E-state index contributed by atoms with van der Waals surface area (Å²) in [4.78, 5) is 0. The molecule has 1 nitrogen and oxygen atoms in total. The molecule has 0 spiro atoms. The van der Waals surface area contributed by atoms with Crippen LogP contribution in [0.2, 0.25) is 0 Å². The van der Waals surface area contributed by atoms with Crippen molar-refractivity contribution in [2.45, 2.75) is 33.2 Å². The van der Waals surface area contributed by atoms with Gasteiger partial charge in [-0.1, -0.05) is 20.8 Å². The van der Waals surface area contributed by atoms with Gasteiger partial charge in [0.05, 0.1) is 0 Å². The van der Waals surface area contributed by atoms with Crippen LogP contribution in [0.3, 0.4) is 0 Å². The van der Waals surface area contributed by atoms with E-state index in [0.717, 1.165) is 17.9 Å². The Morgan fingerprint density at radius 3 is 2.20 bits per heavy atom. The van der Waals surface area contributed by atoms with Crippen LogP contribution in [0.25, 0.3) is 0 Å². The fourth-order valence-electron chi connectivity index (χ4n) is 2.29. The van der Waals surface area contributed by atoms with Gasteiger partial charge in [-0.3, -0.25) is 0 Å². The molecule has 0 aromatic rings. The van der Waals surface area contributed by atoms with E-state index < -0.39 is 0 Å². The lowest BCUT2D eigenvalue weighted by molar-refractivity contribution is 0.269. The maximum Gasteiger partial charge on any atom is 0.0147 e. The van der Waals surface area contributed by atoms with E-state index in [9.17, 15) is 0 Å². The molecule has 0 aromatic heterocycles. The van der Waals surface area contributed by atoms with Crippen molar-refractivity contribution < 1.29 is 0 Å². The monoisotopic (exact) mass is 139 g/mol. The Hall–Kier alpha value is -0.0400. The van der Waals surface area contributed by atoms with Gasteiger partial charge in [0.1, 0.15) is 0 Å². The van der Waals surface area contributed by atoms with Crippen LogP contribution in [0.1, 0.15) is 27.2 Å². The van der Waals surface area contributed by atoms with Crippen molar-refractivity contribution in [2.24, 2.45) is 17.3 Å². The number of fused-ring (bicyclic) bond motifs is 1. The summed E-state index contributed by atoms with van der Waals surface area (Å²) < 4.78 is 0. The molecule has 10 heavy (non-hydrogen) atoms. The number of rotatable bonds is 0. The zero-order valence-corrected chi connectivity index (χ0v) is 7.15. The Balaban J connectivity index is 2.05. The Morgan fingerprint density at radius 2 is 2.00 bits per heavy atom. The molecule has 1 saturated carbocycles. The topological polar surface area (TPSA) is 12.0 Å². The van der Waals surface area contributed by atoms with Crippen molar-refractivity contribution in [3.8, 4) is 0 Å². The van der Waals surface area contributed by atoms with Crippen LogP contribution in [0.15, 0.2) is 0 Å². The first-order chi connectivity index (χ1) is 4.59. The van der Waals surface area contributed by atoms with Gasteiger partial charge < -0.3 is 5.32 Å². The minimum atomic E-state index is 0.482. The van der Waals surface area contributed by atoms with Crippen LogP contribution in [0.4, 0.5) is 0 Å². The molecule has 1 heterocycles. The minimum Gasteiger partial charge on any atom is -0.313 e. The molecule has 1 heteroatoms. The number of hydrogen-bond acceptors (Lipinski definition) is 1. The van der Waals surface area contributed by atoms with Crippen LogP contribution >= 0.6 is 0 Å². The first-order valence-corrected chi connectivity index (χ1v) is 4.32. The molecule has 58 valence electrons. The van der Waals surface area contributed by atoms with Crippen LogP contribution in [-0.4, -0.2) is 12.6 Å². The lowest BCUT2D eigenvalue weighted by Crippen LogP contribution is -2.38. The molecule has 2 fully saturated rings. The van der Waals surface area contributed by atoms with Crippen molar-refractivity contribution in [3.05, 3.63) is 0 Å². The maximum atomic E-state index is 3.60. The normalized spacial score (nSPS) is 45.3. The first kappa shape index (κ1) is 6.66. The highest BCUT2D eigenvalue weighted by Crippen LogP contribution is 2.49. The third kappa shape index (κ3) is 0.878. The van der Waals surface area contributed by atoms with Crippen molar-refractivity contribution in [3.63, 3.8) is 0 Å². The summed E-state index contributed by atoms with van der Waals surface area (Å²) in [7, 11) is 0. The van der Waals surface area contributed by atoms with Crippen molar-refractivity contribution in [1.29, 1.82) is 0 Å². The predicted octanol–water partition coefficient (Wildman–Crippen LogP) is 1.64. The largest absolute Gasteiger partial charge is 0.313 e. The second-order valence-corrected chi connectivity index (χ2v) is 4.91. The highest BCUT2D eigenvalue weighted by atomic mass is 15.0. The van der Waals surface area contributed by atoms with Crippen LogP contribution in [0, 0.1) is 17.3 Å². The summed E-state index contributed by atoms with van der Waals surface area (Å²) >= 11 is 0. The standard InChI is InChI=1S/C9H17N/c1-9(2,3)8-7-4-6(7)5-10-8/h6-8,10H,4-5H2,1-3H3/t6?,7?,8-/m0/s1. The predicted molar refractivity (Wildman–Crippen MR) is 42.8 cm³/mol. The summed E-state index contributed by atoms with van der Waals surface area (Å²) in [6.07, 6.45) is 1.49. The average Bonchev–Trinajstić information content (AvgIpc) is 2.40. The molecular weight excluding hydrogens is 122 g/mol. The summed E-state index contributed by atoms with van der Waals surface area (Å²) in [5.74, 6) is 2.07. The molecule has 0 radical (unpaired) electrons. The summed E-state index contributed by atoms with van der Waals surface area (Å²) in [5, 5.41) is 3.60. The molecule has 2 aliphatic rings. The molecule has 1 aliphatic carbocycles. The Bertz CT molecular complexity index is 145. The smallest absolute Gasteiger partial charge is 0.0147 e. The van der Waals surface area contributed by atoms with Crippen LogP contribution < -0.4 is 5.32 Å². The van der Waals surface area contributed by atoms with Crippen molar-refractivity contribution in [2.75, 3.05) is 6.54 Å². The fraction of sp³-hybridized carbons (Fsp3) is 1.00. The molecule has 0 aromatic carbocycles. The lowest BCUT2D eigenvalue weighted by atomic mass is 9.84. The first-order valence-electron chi connectivity index (χ1n) is 4.32. The van der Waals surface area contributed by atoms with Gasteiger partial charge in [-0.05, 0) is 30.2 Å². The molecule has 2 unspecified atom stereocenters. The van der Waals surface area contributed by atoms with E-state index in [4.69, 9.17) is 0 Å².